The maximum atomic E-state index is 12.1. The third-order valence-corrected chi connectivity index (χ3v) is 3.04. The lowest BCUT2D eigenvalue weighted by atomic mass is 10.1. The summed E-state index contributed by atoms with van der Waals surface area (Å²) < 4.78 is 5.06. The molecule has 0 spiro atoms. The maximum Gasteiger partial charge on any atom is 0.355 e. The zero-order chi connectivity index (χ0) is 16.1. The fourth-order valence-electron chi connectivity index (χ4n) is 1.87. The molecule has 6 heteroatoms. The van der Waals surface area contributed by atoms with Crippen molar-refractivity contribution < 1.29 is 19.1 Å². The van der Waals surface area contributed by atoms with Crippen LogP contribution in [-0.4, -0.2) is 28.7 Å². The third-order valence-electron chi connectivity index (χ3n) is 3.04. The Morgan fingerprint density at radius 2 is 1.86 bits per heavy atom. The summed E-state index contributed by atoms with van der Waals surface area (Å²) in [5.41, 5.74) is 1.06. The molecule has 0 unspecified atom stereocenters. The molecule has 1 amide bonds. The SMILES string of the molecule is CC(=O)c1ccccc1NC(=O)[C@@H](C)OC(=O)c1ccc[nH]1. The molecule has 0 bridgehead atoms. The van der Waals surface area contributed by atoms with Crippen LogP contribution < -0.4 is 5.32 Å². The molecule has 0 aliphatic carbocycles. The van der Waals surface area contributed by atoms with Gasteiger partial charge in [-0.05, 0) is 38.1 Å². The first-order valence-corrected chi connectivity index (χ1v) is 6.74. The molecule has 6 nitrogen and oxygen atoms in total. The molecule has 0 saturated heterocycles. The number of benzene rings is 1. The van der Waals surface area contributed by atoms with Gasteiger partial charge in [-0.3, -0.25) is 9.59 Å². The average Bonchev–Trinajstić information content (AvgIpc) is 3.01. The van der Waals surface area contributed by atoms with E-state index in [1.54, 1.807) is 42.6 Å². The number of aromatic amines is 1. The Hall–Kier alpha value is -2.89. The Morgan fingerprint density at radius 3 is 2.50 bits per heavy atom. The van der Waals surface area contributed by atoms with Gasteiger partial charge in [-0.2, -0.15) is 0 Å². The number of hydrogen-bond acceptors (Lipinski definition) is 4. The number of hydrogen-bond donors (Lipinski definition) is 2. The van der Waals surface area contributed by atoms with E-state index in [2.05, 4.69) is 10.3 Å². The quantitative estimate of drug-likeness (QED) is 0.655. The summed E-state index contributed by atoms with van der Waals surface area (Å²) in [5, 5.41) is 2.60. The van der Waals surface area contributed by atoms with Crippen LogP contribution in [0.1, 0.15) is 34.7 Å². The highest BCUT2D eigenvalue weighted by atomic mass is 16.5. The van der Waals surface area contributed by atoms with Crippen LogP contribution in [0, 0.1) is 0 Å². The maximum absolute atomic E-state index is 12.1. The predicted molar refractivity (Wildman–Crippen MR) is 80.7 cm³/mol. The van der Waals surface area contributed by atoms with Crippen molar-refractivity contribution >= 4 is 23.3 Å². The molecule has 22 heavy (non-hydrogen) atoms. The van der Waals surface area contributed by atoms with Gasteiger partial charge >= 0.3 is 5.97 Å². The van der Waals surface area contributed by atoms with Crippen LogP contribution in [0.5, 0.6) is 0 Å². The Balaban J connectivity index is 2.03. The first kappa shape index (κ1) is 15.5. The number of para-hydroxylation sites is 1. The number of esters is 1. The van der Waals surface area contributed by atoms with E-state index in [9.17, 15) is 14.4 Å². The minimum absolute atomic E-state index is 0.160. The number of ketones is 1. The minimum atomic E-state index is -0.990. The van der Waals surface area contributed by atoms with Crippen molar-refractivity contribution in [3.8, 4) is 0 Å². The Bertz CT molecular complexity index is 692. The highest BCUT2D eigenvalue weighted by Crippen LogP contribution is 2.16. The number of carbonyl (C=O) groups excluding carboxylic acids is 3. The summed E-state index contributed by atoms with van der Waals surface area (Å²) >= 11 is 0. The Morgan fingerprint density at radius 1 is 1.14 bits per heavy atom. The molecule has 0 radical (unpaired) electrons. The van der Waals surface area contributed by atoms with Gasteiger partial charge in [0.05, 0.1) is 5.69 Å². The second-order valence-corrected chi connectivity index (χ2v) is 4.72. The fourth-order valence-corrected chi connectivity index (χ4v) is 1.87. The number of anilines is 1. The summed E-state index contributed by atoms with van der Waals surface area (Å²) in [6.45, 7) is 2.88. The summed E-state index contributed by atoms with van der Waals surface area (Å²) in [7, 11) is 0. The number of ether oxygens (including phenoxy) is 1. The Kier molecular flexibility index (Phi) is 4.73. The van der Waals surface area contributed by atoms with Gasteiger partial charge in [0, 0.05) is 11.8 Å². The van der Waals surface area contributed by atoms with Crippen molar-refractivity contribution in [3.05, 3.63) is 53.9 Å². The number of Topliss-reactive ketones (excluding diaryl/α,β-unsaturated/α-hetero) is 1. The lowest BCUT2D eigenvalue weighted by molar-refractivity contribution is -0.123. The van der Waals surface area contributed by atoms with Gasteiger partial charge in [-0.15, -0.1) is 0 Å². The van der Waals surface area contributed by atoms with Crippen molar-refractivity contribution in [3.63, 3.8) is 0 Å². The molecule has 0 saturated carbocycles. The van der Waals surface area contributed by atoms with E-state index in [0.717, 1.165) is 0 Å². The van der Waals surface area contributed by atoms with Gasteiger partial charge in [-0.25, -0.2) is 4.79 Å². The molecule has 2 aromatic rings. The minimum Gasteiger partial charge on any atom is -0.448 e. The van der Waals surface area contributed by atoms with Crippen LogP contribution in [0.3, 0.4) is 0 Å². The molecule has 2 rings (SSSR count). The summed E-state index contributed by atoms with van der Waals surface area (Å²) in [5.74, 6) is -1.28. The molecule has 1 aromatic carbocycles. The molecule has 0 aliphatic rings. The first-order valence-electron chi connectivity index (χ1n) is 6.74. The van der Waals surface area contributed by atoms with Crippen LogP contribution in [0.2, 0.25) is 0 Å². The van der Waals surface area contributed by atoms with Gasteiger partial charge in [-0.1, -0.05) is 12.1 Å². The normalized spacial score (nSPS) is 11.5. The monoisotopic (exact) mass is 300 g/mol. The van der Waals surface area contributed by atoms with Crippen LogP contribution >= 0.6 is 0 Å². The van der Waals surface area contributed by atoms with Crippen molar-refractivity contribution in [2.45, 2.75) is 20.0 Å². The molecular weight excluding hydrogens is 284 g/mol. The molecule has 114 valence electrons. The largest absolute Gasteiger partial charge is 0.448 e. The van der Waals surface area contributed by atoms with Crippen LogP contribution in [-0.2, 0) is 9.53 Å². The number of carbonyl (C=O) groups is 3. The number of nitrogens with one attached hydrogen (secondary N) is 2. The number of H-pyrrole nitrogens is 1. The first-order chi connectivity index (χ1) is 10.5. The predicted octanol–water partition coefficient (Wildman–Crippen LogP) is 2.40. The Labute approximate surface area is 127 Å². The molecule has 2 N–H and O–H groups in total. The standard InChI is InChI=1S/C16H16N2O4/c1-10(19)12-6-3-4-7-13(12)18-15(20)11(2)22-16(21)14-8-5-9-17-14/h3-9,11,17H,1-2H3,(H,18,20)/t11-/m1/s1. The van der Waals surface area contributed by atoms with Gasteiger partial charge in [0.25, 0.3) is 5.91 Å². The lowest BCUT2D eigenvalue weighted by Crippen LogP contribution is -2.30. The number of aromatic nitrogens is 1. The van der Waals surface area contributed by atoms with Crippen molar-refractivity contribution in [2.75, 3.05) is 5.32 Å². The van der Waals surface area contributed by atoms with Crippen molar-refractivity contribution in [2.24, 2.45) is 0 Å². The highest BCUT2D eigenvalue weighted by Gasteiger charge is 2.20. The molecule has 0 aliphatic heterocycles. The summed E-state index contributed by atoms with van der Waals surface area (Å²) in [6.07, 6.45) is 0.598. The van der Waals surface area contributed by atoms with Crippen LogP contribution in [0.4, 0.5) is 5.69 Å². The smallest absolute Gasteiger partial charge is 0.355 e. The van der Waals surface area contributed by atoms with Crippen molar-refractivity contribution in [1.82, 2.24) is 4.98 Å². The highest BCUT2D eigenvalue weighted by molar-refractivity contribution is 6.05. The molecule has 0 fully saturated rings. The van der Waals surface area contributed by atoms with Gasteiger partial charge in [0.1, 0.15) is 5.69 Å². The van der Waals surface area contributed by atoms with Gasteiger partial charge < -0.3 is 15.0 Å². The topological polar surface area (TPSA) is 88.3 Å². The second-order valence-electron chi connectivity index (χ2n) is 4.72. The summed E-state index contributed by atoms with van der Waals surface area (Å²) in [6, 6.07) is 9.86. The third kappa shape index (κ3) is 3.60. The van der Waals surface area contributed by atoms with E-state index in [1.807, 2.05) is 0 Å². The lowest BCUT2D eigenvalue weighted by Gasteiger charge is -2.14. The van der Waals surface area contributed by atoms with E-state index < -0.39 is 18.0 Å². The van der Waals surface area contributed by atoms with Gasteiger partial charge in [0.15, 0.2) is 11.9 Å². The van der Waals surface area contributed by atoms with Crippen molar-refractivity contribution in [1.29, 1.82) is 0 Å². The summed E-state index contributed by atoms with van der Waals surface area (Å²) in [4.78, 5) is 38.1. The fraction of sp³-hybridized carbons (Fsp3) is 0.188. The van der Waals surface area contributed by atoms with E-state index in [0.29, 0.717) is 11.3 Å². The van der Waals surface area contributed by atoms with Crippen LogP contribution in [0.15, 0.2) is 42.6 Å². The van der Waals surface area contributed by atoms with E-state index in [-0.39, 0.29) is 11.5 Å². The molecule has 1 aromatic heterocycles. The van der Waals surface area contributed by atoms with E-state index >= 15 is 0 Å². The molecule has 1 atom stereocenters. The number of rotatable bonds is 5. The zero-order valence-corrected chi connectivity index (χ0v) is 12.3. The van der Waals surface area contributed by atoms with Gasteiger partial charge in [0.2, 0.25) is 0 Å². The molecular formula is C16H16N2O4. The average molecular weight is 300 g/mol. The molecule has 1 heterocycles. The van der Waals surface area contributed by atoms with E-state index in [1.165, 1.54) is 13.8 Å². The number of amides is 1. The van der Waals surface area contributed by atoms with E-state index in [4.69, 9.17) is 4.74 Å². The zero-order valence-electron chi connectivity index (χ0n) is 12.3. The van der Waals surface area contributed by atoms with Crippen LogP contribution in [0.25, 0.3) is 0 Å². The second kappa shape index (κ2) is 6.71.